The van der Waals surface area contributed by atoms with Gasteiger partial charge in [0.2, 0.25) is 0 Å². The van der Waals surface area contributed by atoms with E-state index in [1.54, 1.807) is 7.11 Å². The van der Waals surface area contributed by atoms with Crippen LogP contribution in [0, 0.1) is 0 Å². The summed E-state index contributed by atoms with van der Waals surface area (Å²) in [4.78, 5) is 2.47. The van der Waals surface area contributed by atoms with E-state index in [-0.39, 0.29) is 6.04 Å². The van der Waals surface area contributed by atoms with Crippen LogP contribution < -0.4 is 0 Å². The van der Waals surface area contributed by atoms with Crippen molar-refractivity contribution in [3.8, 4) is 0 Å². The zero-order valence-corrected chi connectivity index (χ0v) is 15.1. The predicted octanol–water partition coefficient (Wildman–Crippen LogP) is 4.56. The van der Waals surface area contributed by atoms with Crippen LogP contribution in [0.15, 0.2) is 60.7 Å². The van der Waals surface area contributed by atoms with Crippen LogP contribution in [0.3, 0.4) is 0 Å². The number of hydrogen-bond acceptors (Lipinski definition) is 2. The van der Waals surface area contributed by atoms with Crippen LogP contribution in [0.4, 0.5) is 0 Å². The molecule has 0 heterocycles. The van der Waals surface area contributed by atoms with Crippen LogP contribution in [-0.4, -0.2) is 33.0 Å². The minimum atomic E-state index is -1.24. The average molecular weight is 314 g/mol. The van der Waals surface area contributed by atoms with Gasteiger partial charge in [0.25, 0.3) is 0 Å². The first-order valence-electron chi connectivity index (χ1n) is 7.84. The lowest BCUT2D eigenvalue weighted by Gasteiger charge is -2.35. The third-order valence-electron chi connectivity index (χ3n) is 3.57. The molecule has 2 nitrogen and oxygen atoms in total. The molecule has 2 rings (SSSR count). The summed E-state index contributed by atoms with van der Waals surface area (Å²) in [5.74, 6) is 0. The van der Waals surface area contributed by atoms with Crippen molar-refractivity contribution in [3.63, 3.8) is 0 Å². The van der Waals surface area contributed by atoms with Crippen LogP contribution in [0.1, 0.15) is 17.2 Å². The Morgan fingerprint density at radius 2 is 1.32 bits per heavy atom. The van der Waals surface area contributed by atoms with Gasteiger partial charge in [0, 0.05) is 7.11 Å². The Morgan fingerprint density at radius 3 is 1.68 bits per heavy atom. The lowest BCUT2D eigenvalue weighted by atomic mass is 9.98. The fourth-order valence-electron chi connectivity index (χ4n) is 2.87. The molecule has 22 heavy (non-hydrogen) atoms. The Morgan fingerprint density at radius 1 is 0.864 bits per heavy atom. The van der Waals surface area contributed by atoms with Crippen molar-refractivity contribution in [2.24, 2.45) is 0 Å². The van der Waals surface area contributed by atoms with E-state index in [1.165, 1.54) is 11.1 Å². The van der Waals surface area contributed by atoms with Gasteiger partial charge in [-0.05, 0) is 17.3 Å². The number of methoxy groups -OCH3 is 1. The topological polar surface area (TPSA) is 12.5 Å². The zero-order valence-electron chi connectivity index (χ0n) is 14.1. The molecule has 0 N–H and O–H groups in total. The van der Waals surface area contributed by atoms with Gasteiger partial charge in [-0.25, -0.2) is 0 Å². The first-order chi connectivity index (χ1) is 10.5. The molecule has 118 valence electrons. The maximum Gasteiger partial charge on any atom is 0.0991 e. The highest BCUT2D eigenvalue weighted by Crippen LogP contribution is 2.29. The molecule has 0 saturated carbocycles. The van der Waals surface area contributed by atoms with Crippen molar-refractivity contribution in [1.29, 1.82) is 0 Å². The fraction of sp³-hybridized carbons (Fsp3) is 0.368. The molecule has 0 aliphatic heterocycles. The van der Waals surface area contributed by atoms with E-state index in [0.29, 0.717) is 6.73 Å². The van der Waals surface area contributed by atoms with E-state index >= 15 is 0 Å². The van der Waals surface area contributed by atoms with Crippen molar-refractivity contribution in [2.75, 3.05) is 20.0 Å². The second-order valence-electron chi connectivity index (χ2n) is 6.95. The molecule has 0 saturated heterocycles. The Labute approximate surface area is 135 Å². The minimum Gasteiger partial charge on any atom is -0.369 e. The van der Waals surface area contributed by atoms with E-state index in [0.717, 1.165) is 6.17 Å². The highest BCUT2D eigenvalue weighted by atomic mass is 28.3. The van der Waals surface area contributed by atoms with E-state index in [1.807, 2.05) is 0 Å². The molecule has 0 amide bonds. The molecule has 0 unspecified atom stereocenters. The molecule has 0 spiro atoms. The Kier molecular flexibility index (Phi) is 5.95. The average Bonchev–Trinajstić information content (AvgIpc) is 2.48. The van der Waals surface area contributed by atoms with Gasteiger partial charge in [-0.2, -0.15) is 0 Å². The van der Waals surface area contributed by atoms with Crippen molar-refractivity contribution < 1.29 is 4.74 Å². The summed E-state index contributed by atoms with van der Waals surface area (Å²) in [6.07, 6.45) is 1.11. The fourth-order valence-corrected chi connectivity index (χ4v) is 4.36. The number of rotatable bonds is 7. The number of ether oxygens (including phenoxy) is 1. The maximum absolute atomic E-state index is 5.52. The predicted molar refractivity (Wildman–Crippen MR) is 96.7 cm³/mol. The van der Waals surface area contributed by atoms with Gasteiger partial charge in [-0.1, -0.05) is 80.3 Å². The number of hydrogen-bond donors (Lipinski definition) is 0. The summed E-state index contributed by atoms with van der Waals surface area (Å²) >= 11 is 0. The highest BCUT2D eigenvalue weighted by Gasteiger charge is 2.27. The summed E-state index contributed by atoms with van der Waals surface area (Å²) in [5.41, 5.74) is 2.65. The molecule has 0 bridgehead atoms. The van der Waals surface area contributed by atoms with Crippen molar-refractivity contribution >= 4 is 8.07 Å². The van der Waals surface area contributed by atoms with Crippen molar-refractivity contribution in [2.45, 2.75) is 25.7 Å². The summed E-state index contributed by atoms with van der Waals surface area (Å²) in [6.45, 7) is 7.87. The van der Waals surface area contributed by atoms with Gasteiger partial charge in [0.1, 0.15) is 0 Å². The molecule has 3 heteroatoms. The summed E-state index contributed by atoms with van der Waals surface area (Å²) in [6, 6.07) is 21.7. The normalized spacial score (nSPS) is 12.1. The molecule has 0 aliphatic rings. The monoisotopic (exact) mass is 313 g/mol. The molecule has 0 atom stereocenters. The van der Waals surface area contributed by atoms with Gasteiger partial charge in [0.15, 0.2) is 0 Å². The Hall–Kier alpha value is -1.42. The van der Waals surface area contributed by atoms with Gasteiger partial charge >= 0.3 is 0 Å². The zero-order chi connectivity index (χ0) is 16.0. The highest BCUT2D eigenvalue weighted by molar-refractivity contribution is 6.76. The third kappa shape index (κ3) is 4.80. The lowest BCUT2D eigenvalue weighted by molar-refractivity contribution is 0.0553. The van der Waals surface area contributed by atoms with E-state index < -0.39 is 8.07 Å². The standard InChI is InChI=1S/C19H27NOSi/c1-21-15-20(16-22(2,3)4)19(17-11-7-5-8-12-17)18-13-9-6-10-14-18/h5-14,19H,15-16H2,1-4H3. The second kappa shape index (κ2) is 7.72. The molecule has 0 fully saturated rings. The first kappa shape index (κ1) is 16.9. The van der Waals surface area contributed by atoms with Crippen LogP contribution in [-0.2, 0) is 4.74 Å². The lowest BCUT2D eigenvalue weighted by Crippen LogP contribution is -2.43. The maximum atomic E-state index is 5.52. The van der Waals surface area contributed by atoms with E-state index in [2.05, 4.69) is 85.2 Å². The van der Waals surface area contributed by atoms with Gasteiger partial charge in [-0.15, -0.1) is 0 Å². The number of nitrogens with zero attached hydrogens (tertiary/aromatic N) is 1. The first-order valence-corrected chi connectivity index (χ1v) is 11.5. The summed E-state index contributed by atoms with van der Waals surface area (Å²) in [7, 11) is 0.542. The molecular formula is C19H27NOSi. The SMILES string of the molecule is COCN(C[Si](C)(C)C)C(c1ccccc1)c1ccccc1. The van der Waals surface area contributed by atoms with Crippen molar-refractivity contribution in [1.82, 2.24) is 4.90 Å². The van der Waals surface area contributed by atoms with Crippen molar-refractivity contribution in [3.05, 3.63) is 71.8 Å². The van der Waals surface area contributed by atoms with Gasteiger partial charge < -0.3 is 4.74 Å². The Bertz CT molecular complexity index is 511. The Balaban J connectivity index is 2.41. The van der Waals surface area contributed by atoms with Crippen LogP contribution in [0.2, 0.25) is 19.6 Å². The second-order valence-corrected chi connectivity index (χ2v) is 12.4. The largest absolute Gasteiger partial charge is 0.369 e. The van der Waals surface area contributed by atoms with Gasteiger partial charge in [-0.3, -0.25) is 4.90 Å². The summed E-state index contributed by atoms with van der Waals surface area (Å²) in [5, 5.41) is 0. The quantitative estimate of drug-likeness (QED) is 0.549. The smallest absolute Gasteiger partial charge is 0.0991 e. The van der Waals surface area contributed by atoms with Gasteiger partial charge in [0.05, 0.1) is 20.8 Å². The van der Waals surface area contributed by atoms with E-state index in [4.69, 9.17) is 4.74 Å². The van der Waals surface area contributed by atoms with Crippen LogP contribution in [0.25, 0.3) is 0 Å². The number of benzene rings is 2. The molecule has 2 aromatic carbocycles. The third-order valence-corrected chi connectivity index (χ3v) is 4.92. The molecule has 0 aliphatic carbocycles. The van der Waals surface area contributed by atoms with Crippen LogP contribution >= 0.6 is 0 Å². The van der Waals surface area contributed by atoms with Crippen LogP contribution in [0.5, 0.6) is 0 Å². The summed E-state index contributed by atoms with van der Waals surface area (Å²) < 4.78 is 5.52. The molecule has 0 aromatic heterocycles. The van der Waals surface area contributed by atoms with E-state index in [9.17, 15) is 0 Å². The molecule has 0 radical (unpaired) electrons. The molecule has 2 aromatic rings. The molecular weight excluding hydrogens is 286 g/mol. The minimum absolute atomic E-state index is 0.245.